The number of nitrogens with zero attached hydrogens (tertiary/aromatic N) is 1. The van der Waals surface area contributed by atoms with Crippen molar-refractivity contribution in [3.63, 3.8) is 0 Å². The van der Waals surface area contributed by atoms with Crippen LogP contribution < -0.4 is 5.73 Å². The maximum atomic E-state index is 5.21. The van der Waals surface area contributed by atoms with Crippen molar-refractivity contribution in [2.75, 3.05) is 0 Å². The van der Waals surface area contributed by atoms with Crippen molar-refractivity contribution in [3.8, 4) is 0 Å². The second-order valence-electron chi connectivity index (χ2n) is 1.57. The van der Waals surface area contributed by atoms with Gasteiger partial charge in [0.15, 0.2) is 0 Å². The summed E-state index contributed by atoms with van der Waals surface area (Å²) in [4.78, 5) is 3.84. The first-order valence-electron chi connectivity index (χ1n) is 2.44. The molecular weight excluding hydrogens is 104 g/mol. The molecule has 0 aliphatic carbocycles. The van der Waals surface area contributed by atoms with Crippen LogP contribution in [0.1, 0.15) is 11.7 Å². The molecule has 2 N–H and O–H groups in total. The fourth-order valence-corrected chi connectivity index (χ4v) is 0.496. The molecular formula is C5H8N2O. The first-order chi connectivity index (χ1) is 3.83. The molecule has 0 bridgehead atoms. The standard InChI is InChI=1S/C5H8N2O/c1-4-3-7-5(2-6)8-4/h3H,2,6H2,1H3. The predicted octanol–water partition coefficient (Wildman–Crippen LogP) is 0.442. The van der Waals surface area contributed by atoms with Crippen molar-refractivity contribution in [2.24, 2.45) is 5.73 Å². The summed E-state index contributed by atoms with van der Waals surface area (Å²) in [6, 6.07) is 0. The molecule has 1 rings (SSSR count). The number of hydrogen-bond donors (Lipinski definition) is 1. The molecule has 0 spiro atoms. The zero-order chi connectivity index (χ0) is 5.98. The van der Waals surface area contributed by atoms with Crippen LogP contribution in [0.3, 0.4) is 0 Å². The Hall–Kier alpha value is -0.830. The second kappa shape index (κ2) is 1.96. The van der Waals surface area contributed by atoms with Gasteiger partial charge in [-0.25, -0.2) is 4.98 Å². The zero-order valence-corrected chi connectivity index (χ0v) is 4.72. The van der Waals surface area contributed by atoms with E-state index in [9.17, 15) is 0 Å². The highest BCUT2D eigenvalue weighted by Crippen LogP contribution is 1.98. The van der Waals surface area contributed by atoms with Gasteiger partial charge in [0.1, 0.15) is 5.76 Å². The molecule has 1 aromatic rings. The minimum atomic E-state index is 0.383. The molecule has 0 radical (unpaired) electrons. The molecule has 3 nitrogen and oxygen atoms in total. The largest absolute Gasteiger partial charge is 0.445 e. The third-order valence-corrected chi connectivity index (χ3v) is 0.844. The molecule has 0 unspecified atom stereocenters. The quantitative estimate of drug-likeness (QED) is 0.573. The number of aromatic nitrogens is 1. The fraction of sp³-hybridized carbons (Fsp3) is 0.400. The Bertz CT molecular complexity index is 171. The van der Waals surface area contributed by atoms with E-state index in [0.717, 1.165) is 5.76 Å². The maximum absolute atomic E-state index is 5.21. The SMILES string of the molecule is Cc1cnc(CN)o1. The molecule has 0 atom stereocenters. The normalized spacial score (nSPS) is 9.75. The maximum Gasteiger partial charge on any atom is 0.208 e. The van der Waals surface area contributed by atoms with E-state index in [0.29, 0.717) is 12.4 Å². The summed E-state index contributed by atoms with van der Waals surface area (Å²) < 4.78 is 5.00. The number of hydrogen-bond acceptors (Lipinski definition) is 3. The first kappa shape index (κ1) is 5.31. The van der Waals surface area contributed by atoms with Crippen LogP contribution in [0, 0.1) is 6.92 Å². The van der Waals surface area contributed by atoms with E-state index < -0.39 is 0 Å². The third-order valence-electron chi connectivity index (χ3n) is 0.844. The molecule has 0 fully saturated rings. The monoisotopic (exact) mass is 112 g/mol. The van der Waals surface area contributed by atoms with Gasteiger partial charge >= 0.3 is 0 Å². The number of aryl methyl sites for hydroxylation is 1. The molecule has 0 aliphatic rings. The lowest BCUT2D eigenvalue weighted by Gasteiger charge is -1.81. The van der Waals surface area contributed by atoms with Gasteiger partial charge in [0.05, 0.1) is 12.7 Å². The lowest BCUT2D eigenvalue weighted by atomic mass is 10.6. The van der Waals surface area contributed by atoms with E-state index in [1.807, 2.05) is 6.92 Å². The Morgan fingerprint density at radius 3 is 2.88 bits per heavy atom. The summed E-state index contributed by atoms with van der Waals surface area (Å²) in [6.45, 7) is 2.22. The van der Waals surface area contributed by atoms with Crippen LogP contribution in [-0.4, -0.2) is 4.98 Å². The average molecular weight is 112 g/mol. The molecule has 0 amide bonds. The minimum Gasteiger partial charge on any atom is -0.445 e. The Balaban J connectivity index is 2.84. The van der Waals surface area contributed by atoms with Crippen LogP contribution in [0.5, 0.6) is 0 Å². The summed E-state index contributed by atoms with van der Waals surface area (Å²) in [7, 11) is 0. The summed E-state index contributed by atoms with van der Waals surface area (Å²) in [5.74, 6) is 1.41. The summed E-state index contributed by atoms with van der Waals surface area (Å²) in [5, 5.41) is 0. The van der Waals surface area contributed by atoms with Crippen molar-refractivity contribution in [2.45, 2.75) is 13.5 Å². The summed E-state index contributed by atoms with van der Waals surface area (Å²) in [6.07, 6.45) is 1.65. The highest BCUT2D eigenvalue weighted by atomic mass is 16.4. The van der Waals surface area contributed by atoms with E-state index >= 15 is 0 Å². The Labute approximate surface area is 47.5 Å². The molecule has 3 heteroatoms. The number of nitrogens with two attached hydrogens (primary N) is 1. The van der Waals surface area contributed by atoms with E-state index in [1.165, 1.54) is 0 Å². The molecule has 0 aromatic carbocycles. The predicted molar refractivity (Wildman–Crippen MR) is 29.1 cm³/mol. The van der Waals surface area contributed by atoms with Gasteiger partial charge in [0.2, 0.25) is 5.89 Å². The lowest BCUT2D eigenvalue weighted by molar-refractivity contribution is 0.473. The van der Waals surface area contributed by atoms with Gasteiger partial charge in [-0.2, -0.15) is 0 Å². The second-order valence-corrected chi connectivity index (χ2v) is 1.57. The summed E-state index contributed by atoms with van der Waals surface area (Å²) >= 11 is 0. The van der Waals surface area contributed by atoms with E-state index in [4.69, 9.17) is 10.2 Å². The van der Waals surface area contributed by atoms with Crippen molar-refractivity contribution < 1.29 is 4.42 Å². The first-order valence-corrected chi connectivity index (χ1v) is 2.44. The Morgan fingerprint density at radius 1 is 1.88 bits per heavy atom. The van der Waals surface area contributed by atoms with Crippen LogP contribution in [0.2, 0.25) is 0 Å². The molecule has 0 aliphatic heterocycles. The topological polar surface area (TPSA) is 52.0 Å². The molecule has 1 aromatic heterocycles. The smallest absolute Gasteiger partial charge is 0.208 e. The van der Waals surface area contributed by atoms with Crippen LogP contribution in [0.4, 0.5) is 0 Å². The highest BCUT2D eigenvalue weighted by Gasteiger charge is 1.93. The van der Waals surface area contributed by atoms with Crippen LogP contribution in [-0.2, 0) is 6.54 Å². The van der Waals surface area contributed by atoms with Crippen LogP contribution >= 0.6 is 0 Å². The molecule has 8 heavy (non-hydrogen) atoms. The van der Waals surface area contributed by atoms with Gasteiger partial charge in [-0.1, -0.05) is 0 Å². The number of rotatable bonds is 1. The highest BCUT2D eigenvalue weighted by molar-refractivity contribution is 4.89. The number of oxazole rings is 1. The average Bonchev–Trinajstić information content (AvgIpc) is 2.14. The zero-order valence-electron chi connectivity index (χ0n) is 4.72. The van der Waals surface area contributed by atoms with E-state index in [1.54, 1.807) is 6.20 Å². The van der Waals surface area contributed by atoms with Crippen molar-refractivity contribution in [3.05, 3.63) is 17.8 Å². The third kappa shape index (κ3) is 0.869. The Morgan fingerprint density at radius 2 is 2.62 bits per heavy atom. The van der Waals surface area contributed by atoms with Gasteiger partial charge in [-0.3, -0.25) is 0 Å². The van der Waals surface area contributed by atoms with Crippen molar-refractivity contribution in [1.29, 1.82) is 0 Å². The van der Waals surface area contributed by atoms with Gasteiger partial charge < -0.3 is 10.2 Å². The van der Waals surface area contributed by atoms with Gasteiger partial charge in [-0.05, 0) is 6.92 Å². The van der Waals surface area contributed by atoms with Crippen LogP contribution in [0.15, 0.2) is 10.6 Å². The molecule has 0 saturated heterocycles. The lowest BCUT2D eigenvalue weighted by Crippen LogP contribution is -1.94. The van der Waals surface area contributed by atoms with Gasteiger partial charge in [-0.15, -0.1) is 0 Å². The van der Waals surface area contributed by atoms with Crippen molar-refractivity contribution >= 4 is 0 Å². The van der Waals surface area contributed by atoms with Crippen LogP contribution in [0.25, 0.3) is 0 Å². The van der Waals surface area contributed by atoms with Gasteiger partial charge in [0, 0.05) is 0 Å². The minimum absolute atomic E-state index is 0.383. The molecule has 44 valence electrons. The van der Waals surface area contributed by atoms with Crippen molar-refractivity contribution in [1.82, 2.24) is 4.98 Å². The Kier molecular flexibility index (Phi) is 1.30. The van der Waals surface area contributed by atoms with Gasteiger partial charge in [0.25, 0.3) is 0 Å². The van der Waals surface area contributed by atoms with E-state index in [-0.39, 0.29) is 0 Å². The fourth-order valence-electron chi connectivity index (χ4n) is 0.496. The summed E-state index contributed by atoms with van der Waals surface area (Å²) in [5.41, 5.74) is 5.21. The molecule has 1 heterocycles. The van der Waals surface area contributed by atoms with E-state index in [2.05, 4.69) is 4.98 Å². The molecule has 0 saturated carbocycles.